The lowest BCUT2D eigenvalue weighted by Gasteiger charge is -1.76. The van der Waals surface area contributed by atoms with E-state index in [9.17, 15) is 0 Å². The van der Waals surface area contributed by atoms with E-state index in [1.54, 1.807) is 6.08 Å². The molecule has 0 saturated heterocycles. The zero-order valence-electron chi connectivity index (χ0n) is 7.85. The van der Waals surface area contributed by atoms with E-state index in [-0.39, 0.29) is 0 Å². The number of hydrogen-bond donors (Lipinski definition) is 0. The minimum absolute atomic E-state index is 0.725. The van der Waals surface area contributed by atoms with E-state index in [1.165, 1.54) is 0 Å². The highest BCUT2D eigenvalue weighted by atomic mass is 13.7. The van der Waals surface area contributed by atoms with E-state index < -0.39 is 0 Å². The summed E-state index contributed by atoms with van der Waals surface area (Å²) in [6, 6.07) is 0. The largest absolute Gasteiger partial charge is 0.115 e. The molecule has 0 atom stereocenters. The monoisotopic (exact) mass is 150 g/mol. The second-order valence-corrected chi connectivity index (χ2v) is 1.17. The van der Waals surface area contributed by atoms with Gasteiger partial charge >= 0.3 is 0 Å². The Hall–Kier alpha value is -1.22. The Balaban J connectivity index is -0.000000138. The molecular weight excluding hydrogens is 132 g/mol. The fourth-order valence-electron chi connectivity index (χ4n) is 0.249. The molecule has 0 amide bonds. The van der Waals surface area contributed by atoms with Crippen LogP contribution in [0.25, 0.3) is 0 Å². The molecule has 0 fully saturated rings. The van der Waals surface area contributed by atoms with Crippen molar-refractivity contribution >= 4 is 0 Å². The lowest BCUT2D eigenvalue weighted by molar-refractivity contribution is 1.50. The minimum atomic E-state index is 0.725. The molecule has 0 spiro atoms. The Bertz CT molecular complexity index is 133. The molecule has 0 saturated carbocycles. The molecule has 0 rings (SSSR count). The van der Waals surface area contributed by atoms with Gasteiger partial charge in [0.2, 0.25) is 0 Å². The highest BCUT2D eigenvalue weighted by Crippen LogP contribution is 1.85. The van der Waals surface area contributed by atoms with Crippen LogP contribution >= 0.6 is 0 Å². The maximum atomic E-state index is 4.96. The lowest BCUT2D eigenvalue weighted by Crippen LogP contribution is -1.60. The average molecular weight is 150 g/mol. The predicted octanol–water partition coefficient (Wildman–Crippen LogP) is 3.58. The van der Waals surface area contributed by atoms with Gasteiger partial charge in [0.15, 0.2) is 0 Å². The van der Waals surface area contributed by atoms with Gasteiger partial charge in [-0.15, -0.1) is 19.6 Å². The number of terminal acetylenes is 1. The summed E-state index contributed by atoms with van der Waals surface area (Å²) < 4.78 is 0. The molecule has 0 aliphatic heterocycles. The highest BCUT2D eigenvalue weighted by Gasteiger charge is 1.69. The summed E-state index contributed by atoms with van der Waals surface area (Å²) in [5.41, 5.74) is 0.725. The Morgan fingerprint density at radius 3 is 1.82 bits per heavy atom. The van der Waals surface area contributed by atoms with Crippen LogP contribution in [0.3, 0.4) is 0 Å². The predicted molar refractivity (Wildman–Crippen MR) is 55.4 cm³/mol. The number of hydrogen-bond acceptors (Lipinski definition) is 0. The lowest BCUT2D eigenvalue weighted by atomic mass is 10.3. The summed E-state index contributed by atoms with van der Waals surface area (Å²) >= 11 is 0. The molecule has 0 nitrogen and oxygen atoms in total. The highest BCUT2D eigenvalue weighted by molar-refractivity contribution is 5.32. The van der Waals surface area contributed by atoms with Gasteiger partial charge in [-0.3, -0.25) is 0 Å². The van der Waals surface area contributed by atoms with Crippen molar-refractivity contribution < 1.29 is 0 Å². The molecule has 11 heavy (non-hydrogen) atoms. The SMILES string of the molecule is C#CC(=C)/C=C\C.C=C.CC. The van der Waals surface area contributed by atoms with E-state index in [1.807, 2.05) is 26.8 Å². The molecule has 0 aromatic rings. The Morgan fingerprint density at radius 2 is 1.73 bits per heavy atom. The van der Waals surface area contributed by atoms with Gasteiger partial charge < -0.3 is 0 Å². The summed E-state index contributed by atoms with van der Waals surface area (Å²) in [4.78, 5) is 0. The zero-order valence-corrected chi connectivity index (χ0v) is 7.85. The van der Waals surface area contributed by atoms with Gasteiger partial charge in [-0.25, -0.2) is 0 Å². The van der Waals surface area contributed by atoms with Crippen molar-refractivity contribution in [2.75, 3.05) is 0 Å². The van der Waals surface area contributed by atoms with Crippen LogP contribution in [0, 0.1) is 12.3 Å². The van der Waals surface area contributed by atoms with Crippen LogP contribution in [0.15, 0.2) is 37.5 Å². The van der Waals surface area contributed by atoms with Crippen molar-refractivity contribution in [2.24, 2.45) is 0 Å². The number of allylic oxidation sites excluding steroid dienone is 3. The van der Waals surface area contributed by atoms with Crippen molar-refractivity contribution in [3.05, 3.63) is 37.5 Å². The van der Waals surface area contributed by atoms with Crippen molar-refractivity contribution in [1.29, 1.82) is 0 Å². The molecule has 0 aromatic heterocycles. The van der Waals surface area contributed by atoms with Crippen LogP contribution in [0.5, 0.6) is 0 Å². The van der Waals surface area contributed by atoms with E-state index in [2.05, 4.69) is 25.7 Å². The molecule has 0 unspecified atom stereocenters. The van der Waals surface area contributed by atoms with Gasteiger partial charge in [-0.1, -0.05) is 38.5 Å². The molecule has 62 valence electrons. The zero-order chi connectivity index (χ0) is 9.70. The fourth-order valence-corrected chi connectivity index (χ4v) is 0.249. The van der Waals surface area contributed by atoms with Gasteiger partial charge in [-0.05, 0) is 6.92 Å². The molecule has 0 radical (unpaired) electrons. The quantitative estimate of drug-likeness (QED) is 0.304. The van der Waals surface area contributed by atoms with Crippen LogP contribution in [-0.2, 0) is 0 Å². The third kappa shape index (κ3) is 28.2. The first-order valence-corrected chi connectivity index (χ1v) is 3.59. The molecule has 0 aliphatic rings. The van der Waals surface area contributed by atoms with Crippen LogP contribution in [-0.4, -0.2) is 0 Å². The molecule has 0 heteroatoms. The first-order valence-electron chi connectivity index (χ1n) is 3.59. The first kappa shape index (κ1) is 16.4. The van der Waals surface area contributed by atoms with Crippen LogP contribution < -0.4 is 0 Å². The van der Waals surface area contributed by atoms with Crippen LogP contribution in [0.4, 0.5) is 0 Å². The Labute approximate surface area is 71.3 Å². The molecule has 0 heterocycles. The van der Waals surface area contributed by atoms with Gasteiger partial charge in [0.25, 0.3) is 0 Å². The van der Waals surface area contributed by atoms with Crippen molar-refractivity contribution in [2.45, 2.75) is 20.8 Å². The average Bonchev–Trinajstić information content (AvgIpc) is 2.12. The van der Waals surface area contributed by atoms with Crippen molar-refractivity contribution in [1.82, 2.24) is 0 Å². The summed E-state index contributed by atoms with van der Waals surface area (Å²) in [5, 5.41) is 0. The Kier molecular flexibility index (Phi) is 34.7. The van der Waals surface area contributed by atoms with Crippen molar-refractivity contribution in [3.8, 4) is 12.3 Å². The third-order valence-corrected chi connectivity index (χ3v) is 0.553. The Morgan fingerprint density at radius 1 is 1.36 bits per heavy atom. The van der Waals surface area contributed by atoms with E-state index in [4.69, 9.17) is 6.42 Å². The second kappa shape index (κ2) is 23.3. The van der Waals surface area contributed by atoms with Gasteiger partial charge in [0, 0.05) is 5.57 Å². The van der Waals surface area contributed by atoms with Crippen molar-refractivity contribution in [3.63, 3.8) is 0 Å². The summed E-state index contributed by atoms with van der Waals surface area (Å²) in [7, 11) is 0. The fraction of sp³-hybridized carbons (Fsp3) is 0.273. The molecular formula is C11H18. The summed E-state index contributed by atoms with van der Waals surface area (Å²) in [5.74, 6) is 2.38. The normalized spacial score (nSPS) is 6.36. The van der Waals surface area contributed by atoms with Crippen LogP contribution in [0.2, 0.25) is 0 Å². The summed E-state index contributed by atoms with van der Waals surface area (Å²) in [6.45, 7) is 15.4. The minimum Gasteiger partial charge on any atom is -0.115 e. The van der Waals surface area contributed by atoms with E-state index in [0.29, 0.717) is 0 Å². The second-order valence-electron chi connectivity index (χ2n) is 1.17. The standard InChI is InChI=1S/C7H8.C2H6.C2H4/c1-4-6-7(3)5-2;2*1-2/h2,4,6H,3H2,1H3;1-2H3;1-2H2/b6-4-;;. The van der Waals surface area contributed by atoms with E-state index in [0.717, 1.165) is 5.57 Å². The smallest absolute Gasteiger partial charge is 0.0167 e. The molecule has 0 aromatic carbocycles. The van der Waals surface area contributed by atoms with E-state index >= 15 is 0 Å². The molecule has 0 bridgehead atoms. The topological polar surface area (TPSA) is 0 Å². The molecule has 0 N–H and O–H groups in total. The number of rotatable bonds is 1. The third-order valence-electron chi connectivity index (χ3n) is 0.553. The first-order chi connectivity index (χ1) is 5.31. The van der Waals surface area contributed by atoms with Gasteiger partial charge in [-0.2, -0.15) is 0 Å². The maximum Gasteiger partial charge on any atom is 0.0167 e. The van der Waals surface area contributed by atoms with Gasteiger partial charge in [0.05, 0.1) is 0 Å². The van der Waals surface area contributed by atoms with Crippen LogP contribution in [0.1, 0.15) is 20.8 Å². The van der Waals surface area contributed by atoms with Gasteiger partial charge in [0.1, 0.15) is 0 Å². The summed E-state index contributed by atoms with van der Waals surface area (Å²) in [6.07, 6.45) is 8.61. The molecule has 0 aliphatic carbocycles. The maximum absolute atomic E-state index is 4.96.